The Labute approximate surface area is 134 Å². The van der Waals surface area contributed by atoms with Gasteiger partial charge in [0, 0.05) is 6.04 Å². The number of halogens is 2. The second-order valence-corrected chi connectivity index (χ2v) is 6.26. The second kappa shape index (κ2) is 6.69. The van der Waals surface area contributed by atoms with Crippen molar-refractivity contribution in [3.8, 4) is 5.75 Å². The summed E-state index contributed by atoms with van der Waals surface area (Å²) < 4.78 is 9.19. The lowest BCUT2D eigenvalue weighted by molar-refractivity contribution is 0.274. The van der Waals surface area contributed by atoms with Crippen LogP contribution in [0.4, 0.5) is 0 Å². The molecule has 0 radical (unpaired) electrons. The molecule has 0 spiro atoms. The summed E-state index contributed by atoms with van der Waals surface area (Å²) in [6.45, 7) is 4.40. The van der Waals surface area contributed by atoms with Crippen LogP contribution in [0.2, 0.25) is 0 Å². The molecule has 0 saturated carbocycles. The largest absolute Gasteiger partial charge is 0.483 e. The van der Waals surface area contributed by atoms with Crippen molar-refractivity contribution in [2.24, 2.45) is 0 Å². The number of ether oxygens (including phenoxy) is 1. The number of aliphatic hydroxyl groups excluding tert-OH is 1. The van der Waals surface area contributed by atoms with Crippen molar-refractivity contribution in [3.05, 3.63) is 38.8 Å². The van der Waals surface area contributed by atoms with Crippen LogP contribution in [-0.2, 0) is 13.2 Å². The second-order valence-electron chi connectivity index (χ2n) is 4.55. The summed E-state index contributed by atoms with van der Waals surface area (Å²) in [7, 11) is 0. The lowest BCUT2D eigenvalue weighted by Crippen LogP contribution is -2.11. The van der Waals surface area contributed by atoms with Crippen LogP contribution in [0.5, 0.6) is 5.75 Å². The van der Waals surface area contributed by atoms with E-state index < -0.39 is 0 Å². The fourth-order valence-corrected chi connectivity index (χ4v) is 3.30. The van der Waals surface area contributed by atoms with Gasteiger partial charge in [0.15, 0.2) is 5.82 Å². The predicted octanol–water partition coefficient (Wildman–Crippen LogP) is 3.46. The van der Waals surface area contributed by atoms with Crippen molar-refractivity contribution in [1.82, 2.24) is 14.8 Å². The topological polar surface area (TPSA) is 60.2 Å². The van der Waals surface area contributed by atoms with Crippen molar-refractivity contribution >= 4 is 31.9 Å². The van der Waals surface area contributed by atoms with Crippen LogP contribution in [0.25, 0.3) is 0 Å². The molecule has 0 bridgehead atoms. The molecule has 1 N–H and O–H groups in total. The van der Waals surface area contributed by atoms with Crippen molar-refractivity contribution in [3.63, 3.8) is 0 Å². The summed E-state index contributed by atoms with van der Waals surface area (Å²) in [5.41, 5.74) is 0.807. The van der Waals surface area contributed by atoms with Crippen molar-refractivity contribution < 1.29 is 9.84 Å². The average molecular weight is 405 g/mol. The van der Waals surface area contributed by atoms with Crippen molar-refractivity contribution in [1.29, 1.82) is 0 Å². The Morgan fingerprint density at radius 3 is 2.50 bits per heavy atom. The van der Waals surface area contributed by atoms with E-state index in [-0.39, 0.29) is 12.6 Å². The quantitative estimate of drug-likeness (QED) is 0.828. The Morgan fingerprint density at radius 1 is 1.30 bits per heavy atom. The van der Waals surface area contributed by atoms with Crippen LogP contribution in [0.15, 0.2) is 27.4 Å². The normalized spacial score (nSPS) is 11.1. The van der Waals surface area contributed by atoms with Crippen LogP contribution >= 0.6 is 31.9 Å². The molecule has 1 aromatic heterocycles. The number of hydrogen-bond acceptors (Lipinski definition) is 4. The van der Waals surface area contributed by atoms with Gasteiger partial charge in [-0.1, -0.05) is 0 Å². The van der Waals surface area contributed by atoms with Gasteiger partial charge in [0.25, 0.3) is 0 Å². The van der Waals surface area contributed by atoms with Crippen LogP contribution < -0.4 is 4.74 Å². The minimum atomic E-state index is -0.0147. The summed E-state index contributed by atoms with van der Waals surface area (Å²) in [6, 6.07) is 3.89. The molecule has 20 heavy (non-hydrogen) atoms. The monoisotopic (exact) mass is 403 g/mol. The summed E-state index contributed by atoms with van der Waals surface area (Å²) >= 11 is 6.88. The van der Waals surface area contributed by atoms with Gasteiger partial charge in [0.2, 0.25) is 0 Å². The third-order valence-corrected chi connectivity index (χ3v) is 3.90. The highest BCUT2D eigenvalue weighted by Crippen LogP contribution is 2.35. The van der Waals surface area contributed by atoms with E-state index in [2.05, 4.69) is 41.9 Å². The summed E-state index contributed by atoms with van der Waals surface area (Å²) in [4.78, 5) is 4.20. The smallest absolute Gasteiger partial charge is 0.165 e. The molecule has 1 aromatic carbocycles. The Hall–Kier alpha value is -0.920. The number of hydrogen-bond donors (Lipinski definition) is 1. The molecule has 0 aliphatic carbocycles. The molecule has 0 aliphatic heterocycles. The van der Waals surface area contributed by atoms with E-state index in [9.17, 15) is 0 Å². The first-order valence-corrected chi connectivity index (χ1v) is 7.71. The third-order valence-electron chi connectivity index (χ3n) is 2.72. The highest BCUT2D eigenvalue weighted by atomic mass is 79.9. The van der Waals surface area contributed by atoms with Gasteiger partial charge in [-0.25, -0.2) is 9.67 Å². The van der Waals surface area contributed by atoms with Crippen molar-refractivity contribution in [2.75, 3.05) is 0 Å². The molecule has 108 valence electrons. The van der Waals surface area contributed by atoms with Gasteiger partial charge >= 0.3 is 0 Å². The van der Waals surface area contributed by atoms with Crippen molar-refractivity contribution in [2.45, 2.75) is 33.1 Å². The Bertz CT molecular complexity index is 576. The minimum absolute atomic E-state index is 0.0147. The number of rotatable bonds is 5. The molecule has 0 unspecified atom stereocenters. The van der Waals surface area contributed by atoms with E-state index in [0.29, 0.717) is 12.4 Å². The van der Waals surface area contributed by atoms with E-state index in [0.717, 1.165) is 20.3 Å². The molecule has 0 aliphatic rings. The Kier molecular flexibility index (Phi) is 5.17. The average Bonchev–Trinajstić information content (AvgIpc) is 2.86. The van der Waals surface area contributed by atoms with E-state index in [1.807, 2.05) is 30.7 Å². The number of aliphatic hydroxyl groups is 1. The van der Waals surface area contributed by atoms with E-state index in [1.165, 1.54) is 6.33 Å². The first-order valence-electron chi connectivity index (χ1n) is 6.13. The van der Waals surface area contributed by atoms with Gasteiger partial charge in [-0.3, -0.25) is 0 Å². The maximum Gasteiger partial charge on any atom is 0.165 e. The predicted molar refractivity (Wildman–Crippen MR) is 82.5 cm³/mol. The maximum atomic E-state index is 9.15. The molecular weight excluding hydrogens is 390 g/mol. The summed E-state index contributed by atoms with van der Waals surface area (Å²) in [5, 5.41) is 13.3. The zero-order valence-corrected chi connectivity index (χ0v) is 14.3. The van der Waals surface area contributed by atoms with E-state index in [4.69, 9.17) is 9.84 Å². The van der Waals surface area contributed by atoms with Crippen LogP contribution in [0, 0.1) is 0 Å². The molecule has 2 aromatic rings. The Morgan fingerprint density at radius 2 is 1.95 bits per heavy atom. The number of aromatic nitrogens is 3. The fraction of sp³-hybridized carbons (Fsp3) is 0.385. The van der Waals surface area contributed by atoms with E-state index >= 15 is 0 Å². The molecule has 0 fully saturated rings. The number of benzene rings is 1. The zero-order chi connectivity index (χ0) is 14.7. The summed E-state index contributed by atoms with van der Waals surface area (Å²) in [6.07, 6.45) is 1.53. The van der Waals surface area contributed by atoms with Gasteiger partial charge < -0.3 is 9.84 Å². The highest BCUT2D eigenvalue weighted by Gasteiger charge is 2.12. The van der Waals surface area contributed by atoms with Crippen LogP contribution in [0.1, 0.15) is 31.3 Å². The molecule has 0 atom stereocenters. The van der Waals surface area contributed by atoms with Gasteiger partial charge in [-0.05, 0) is 63.4 Å². The lowest BCUT2D eigenvalue weighted by Gasteiger charge is -2.13. The molecule has 0 saturated heterocycles. The van der Waals surface area contributed by atoms with Crippen LogP contribution in [-0.4, -0.2) is 19.9 Å². The maximum absolute atomic E-state index is 9.15. The van der Waals surface area contributed by atoms with Gasteiger partial charge in [0.05, 0.1) is 15.6 Å². The molecule has 5 nitrogen and oxygen atoms in total. The Balaban J connectivity index is 2.17. The fourth-order valence-electron chi connectivity index (χ4n) is 1.79. The van der Waals surface area contributed by atoms with Gasteiger partial charge in [-0.15, -0.1) is 0 Å². The lowest BCUT2D eigenvalue weighted by atomic mass is 10.2. The standard InChI is InChI=1S/C13H15Br2N3O2/c1-8(2)18-12(16-7-17-18)6-20-13-10(14)3-9(5-19)4-11(13)15/h3-4,7-8,19H,5-6H2,1-2H3. The summed E-state index contributed by atoms with van der Waals surface area (Å²) in [5.74, 6) is 1.45. The molecule has 0 amide bonds. The molecule has 2 rings (SSSR count). The third kappa shape index (κ3) is 3.39. The zero-order valence-electron chi connectivity index (χ0n) is 11.2. The first kappa shape index (κ1) is 15.5. The first-order chi connectivity index (χ1) is 9.52. The minimum Gasteiger partial charge on any atom is -0.483 e. The highest BCUT2D eigenvalue weighted by molar-refractivity contribution is 9.11. The van der Waals surface area contributed by atoms with E-state index in [1.54, 1.807) is 0 Å². The SMILES string of the molecule is CC(C)n1ncnc1COc1c(Br)cc(CO)cc1Br. The van der Waals surface area contributed by atoms with Gasteiger partial charge in [-0.2, -0.15) is 5.10 Å². The molecule has 1 heterocycles. The van der Waals surface area contributed by atoms with Gasteiger partial charge in [0.1, 0.15) is 18.7 Å². The molecular formula is C13H15Br2N3O2. The molecule has 7 heteroatoms. The van der Waals surface area contributed by atoms with Crippen LogP contribution in [0.3, 0.4) is 0 Å². The number of nitrogens with zero attached hydrogens (tertiary/aromatic N) is 3.